The van der Waals surface area contributed by atoms with Gasteiger partial charge in [-0.05, 0) is 6.42 Å². The van der Waals surface area contributed by atoms with Crippen LogP contribution in [0.25, 0.3) is 0 Å². The molecule has 2 rings (SSSR count). The minimum Gasteiger partial charge on any atom is -0.379 e. The Morgan fingerprint density at radius 3 is 3.00 bits per heavy atom. The summed E-state index contributed by atoms with van der Waals surface area (Å²) in [5, 5.41) is 2.57. The van der Waals surface area contributed by atoms with E-state index in [9.17, 15) is 9.59 Å². The number of ether oxygens (including phenoxy) is 1. The van der Waals surface area contributed by atoms with Crippen LogP contribution in [0.5, 0.6) is 0 Å². The third-order valence-corrected chi connectivity index (χ3v) is 2.53. The van der Waals surface area contributed by atoms with E-state index in [-0.39, 0.29) is 17.9 Å². The first-order chi connectivity index (χ1) is 7.25. The van der Waals surface area contributed by atoms with Crippen molar-refractivity contribution in [2.24, 2.45) is 0 Å². The smallest absolute Gasteiger partial charge is 0.266 e. The summed E-state index contributed by atoms with van der Waals surface area (Å²) >= 11 is 0. The maximum Gasteiger partial charge on any atom is 0.266 e. The number of hydrogen-bond donors (Lipinski definition) is 2. The summed E-state index contributed by atoms with van der Waals surface area (Å²) in [5.74, 6) is -0.368. The van der Waals surface area contributed by atoms with Gasteiger partial charge in [0.1, 0.15) is 12.1 Å². The Kier molecular flexibility index (Phi) is 3.17. The molecule has 2 fully saturated rings. The normalized spacial score (nSPS) is 30.3. The number of hydroxylamine groups is 1. The second-order valence-corrected chi connectivity index (χ2v) is 3.73. The first-order valence-electron chi connectivity index (χ1n) is 5.08. The predicted octanol–water partition coefficient (Wildman–Crippen LogP) is -0.898. The highest BCUT2D eigenvalue weighted by Gasteiger charge is 2.28. The fourth-order valence-electron chi connectivity index (χ4n) is 1.63. The second kappa shape index (κ2) is 4.59. The van der Waals surface area contributed by atoms with Crippen LogP contribution in [0.1, 0.15) is 19.3 Å². The summed E-state index contributed by atoms with van der Waals surface area (Å²) in [7, 11) is 0. The van der Waals surface area contributed by atoms with Gasteiger partial charge in [0.25, 0.3) is 5.91 Å². The summed E-state index contributed by atoms with van der Waals surface area (Å²) in [6.07, 6.45) is 1.67. The van der Waals surface area contributed by atoms with Crippen molar-refractivity contribution < 1.29 is 19.2 Å². The molecular formula is C9H14N2O4. The molecule has 15 heavy (non-hydrogen) atoms. The summed E-state index contributed by atoms with van der Waals surface area (Å²) in [6, 6.07) is -0.445. The molecule has 0 aromatic carbocycles. The molecule has 0 radical (unpaired) electrons. The van der Waals surface area contributed by atoms with E-state index < -0.39 is 6.04 Å². The summed E-state index contributed by atoms with van der Waals surface area (Å²) in [4.78, 5) is 27.5. The average Bonchev–Trinajstić information content (AvgIpc) is 2.84. The van der Waals surface area contributed by atoms with Gasteiger partial charge in [0.2, 0.25) is 5.91 Å². The minimum absolute atomic E-state index is 0.0638. The van der Waals surface area contributed by atoms with Gasteiger partial charge >= 0.3 is 0 Å². The molecule has 2 saturated heterocycles. The highest BCUT2D eigenvalue weighted by atomic mass is 16.7. The highest BCUT2D eigenvalue weighted by molar-refractivity contribution is 5.90. The van der Waals surface area contributed by atoms with Gasteiger partial charge in [0, 0.05) is 19.4 Å². The van der Waals surface area contributed by atoms with E-state index in [0.717, 1.165) is 6.42 Å². The van der Waals surface area contributed by atoms with Crippen molar-refractivity contribution in [2.45, 2.75) is 31.4 Å². The summed E-state index contributed by atoms with van der Waals surface area (Å²) in [5.41, 5.74) is 2.35. The van der Waals surface area contributed by atoms with E-state index >= 15 is 0 Å². The number of nitrogens with one attached hydrogen (secondary N) is 2. The first-order valence-corrected chi connectivity index (χ1v) is 5.08. The molecule has 0 aliphatic carbocycles. The van der Waals surface area contributed by atoms with Crippen molar-refractivity contribution in [3.05, 3.63) is 0 Å². The van der Waals surface area contributed by atoms with Gasteiger partial charge in [-0.25, -0.2) is 5.48 Å². The minimum atomic E-state index is -0.445. The van der Waals surface area contributed by atoms with Gasteiger partial charge in [-0.15, -0.1) is 0 Å². The zero-order chi connectivity index (χ0) is 10.7. The van der Waals surface area contributed by atoms with E-state index in [1.807, 2.05) is 0 Å². The van der Waals surface area contributed by atoms with E-state index in [0.29, 0.717) is 26.1 Å². The predicted molar refractivity (Wildman–Crippen MR) is 49.6 cm³/mol. The van der Waals surface area contributed by atoms with Crippen LogP contribution in [0.15, 0.2) is 0 Å². The van der Waals surface area contributed by atoms with Crippen molar-refractivity contribution in [1.82, 2.24) is 10.8 Å². The van der Waals surface area contributed by atoms with E-state index in [1.54, 1.807) is 0 Å². The topological polar surface area (TPSA) is 76.7 Å². The van der Waals surface area contributed by atoms with Crippen molar-refractivity contribution in [2.75, 3.05) is 13.2 Å². The maximum atomic E-state index is 11.5. The Hall–Kier alpha value is -1.14. The Labute approximate surface area is 87.3 Å². The van der Waals surface area contributed by atoms with Gasteiger partial charge in [0.15, 0.2) is 0 Å². The molecule has 2 atom stereocenters. The van der Waals surface area contributed by atoms with E-state index in [1.165, 1.54) is 0 Å². The van der Waals surface area contributed by atoms with Crippen molar-refractivity contribution in [1.29, 1.82) is 0 Å². The number of hydrogen-bond acceptors (Lipinski definition) is 4. The molecule has 84 valence electrons. The Morgan fingerprint density at radius 1 is 1.53 bits per heavy atom. The molecule has 0 bridgehead atoms. The molecule has 2 N–H and O–H groups in total. The van der Waals surface area contributed by atoms with Crippen LogP contribution >= 0.6 is 0 Å². The van der Waals surface area contributed by atoms with Crippen LogP contribution in [0.4, 0.5) is 0 Å². The molecule has 2 amide bonds. The van der Waals surface area contributed by atoms with Crippen LogP contribution in [0.2, 0.25) is 0 Å². The molecule has 2 aliphatic heterocycles. The molecule has 2 aliphatic rings. The standard InChI is InChI=1S/C9H14N2O4/c12-8-2-1-7(10-8)9(13)11-15-6-3-4-14-5-6/h6-7H,1-5H2,(H,10,12)(H,11,13)/t6?,7-/m0/s1. The largest absolute Gasteiger partial charge is 0.379 e. The lowest BCUT2D eigenvalue weighted by atomic mass is 10.2. The molecule has 0 aromatic heterocycles. The number of carbonyl (C=O) groups is 2. The van der Waals surface area contributed by atoms with Crippen LogP contribution in [-0.2, 0) is 19.2 Å². The quantitative estimate of drug-likeness (QED) is 0.597. The zero-order valence-corrected chi connectivity index (χ0v) is 8.32. The average molecular weight is 214 g/mol. The van der Waals surface area contributed by atoms with Crippen molar-refractivity contribution >= 4 is 11.8 Å². The van der Waals surface area contributed by atoms with Gasteiger partial charge in [-0.2, -0.15) is 0 Å². The number of amides is 2. The first kappa shape index (κ1) is 10.4. The summed E-state index contributed by atoms with van der Waals surface area (Å²) in [6.45, 7) is 1.18. The molecule has 6 heteroatoms. The Bertz CT molecular complexity index is 263. The van der Waals surface area contributed by atoms with Crippen LogP contribution in [0, 0.1) is 0 Å². The molecule has 2 heterocycles. The Morgan fingerprint density at radius 2 is 2.40 bits per heavy atom. The van der Waals surface area contributed by atoms with Crippen molar-refractivity contribution in [3.8, 4) is 0 Å². The maximum absolute atomic E-state index is 11.5. The van der Waals surface area contributed by atoms with E-state index in [2.05, 4.69) is 10.8 Å². The van der Waals surface area contributed by atoms with Crippen LogP contribution < -0.4 is 10.8 Å². The van der Waals surface area contributed by atoms with Crippen molar-refractivity contribution in [3.63, 3.8) is 0 Å². The molecule has 6 nitrogen and oxygen atoms in total. The fraction of sp³-hybridized carbons (Fsp3) is 0.778. The van der Waals surface area contributed by atoms with Crippen LogP contribution in [-0.4, -0.2) is 37.2 Å². The zero-order valence-electron chi connectivity index (χ0n) is 8.32. The summed E-state index contributed by atoms with van der Waals surface area (Å²) < 4.78 is 5.09. The lowest BCUT2D eigenvalue weighted by molar-refractivity contribution is -0.141. The molecule has 0 aromatic rings. The highest BCUT2D eigenvalue weighted by Crippen LogP contribution is 2.08. The molecule has 0 spiro atoms. The Balaban J connectivity index is 1.70. The molecule has 0 saturated carbocycles. The lowest BCUT2D eigenvalue weighted by Gasteiger charge is -2.13. The van der Waals surface area contributed by atoms with Gasteiger partial charge < -0.3 is 10.1 Å². The van der Waals surface area contributed by atoms with Gasteiger partial charge in [-0.3, -0.25) is 14.4 Å². The van der Waals surface area contributed by atoms with E-state index in [4.69, 9.17) is 9.57 Å². The third kappa shape index (κ3) is 2.66. The SMILES string of the molecule is O=C1CC[C@@H](C(=O)NOC2CCOC2)N1. The number of carbonyl (C=O) groups excluding carboxylic acids is 2. The number of rotatable bonds is 3. The third-order valence-electron chi connectivity index (χ3n) is 2.53. The van der Waals surface area contributed by atoms with Crippen LogP contribution in [0.3, 0.4) is 0 Å². The molecular weight excluding hydrogens is 200 g/mol. The van der Waals surface area contributed by atoms with Gasteiger partial charge in [0.05, 0.1) is 6.61 Å². The fourth-order valence-corrected chi connectivity index (χ4v) is 1.63. The monoisotopic (exact) mass is 214 g/mol. The van der Waals surface area contributed by atoms with Gasteiger partial charge in [-0.1, -0.05) is 0 Å². The second-order valence-electron chi connectivity index (χ2n) is 3.73. The lowest BCUT2D eigenvalue weighted by Crippen LogP contribution is -2.43. The molecule has 1 unspecified atom stereocenters.